The Morgan fingerprint density at radius 2 is 2.00 bits per heavy atom. The maximum atomic E-state index is 12.8. The maximum Gasteiger partial charge on any atom is 0.229 e. The molecule has 2 N–H and O–H groups in total. The van der Waals surface area contributed by atoms with Crippen LogP contribution in [0, 0.1) is 5.92 Å². The number of anilines is 2. The van der Waals surface area contributed by atoms with Gasteiger partial charge in [0.25, 0.3) is 0 Å². The molecule has 2 aliphatic rings. The highest BCUT2D eigenvalue weighted by molar-refractivity contribution is 6.30. The Balaban J connectivity index is 1.15. The number of carbonyl (C=O) groups excluding carboxylic acids is 1. The van der Waals surface area contributed by atoms with Gasteiger partial charge < -0.3 is 19.7 Å². The topological polar surface area (TPSA) is 95.7 Å². The van der Waals surface area contributed by atoms with Crippen molar-refractivity contribution in [3.8, 4) is 0 Å². The molecule has 0 radical (unpaired) electrons. The second-order valence-electron chi connectivity index (χ2n) is 9.62. The minimum absolute atomic E-state index is 0.000393. The Labute approximate surface area is 214 Å². The number of nitrogens with one attached hydrogen (secondary N) is 1. The van der Waals surface area contributed by atoms with Crippen molar-refractivity contribution in [1.82, 2.24) is 19.4 Å². The van der Waals surface area contributed by atoms with E-state index in [-0.39, 0.29) is 24.3 Å². The molecule has 0 aromatic carbocycles. The molecule has 9 heteroatoms. The molecule has 2 fully saturated rings. The highest BCUT2D eigenvalue weighted by Gasteiger charge is 2.45. The summed E-state index contributed by atoms with van der Waals surface area (Å²) in [5.74, 6) is 1.02. The van der Waals surface area contributed by atoms with Gasteiger partial charge in [-0.1, -0.05) is 17.7 Å². The van der Waals surface area contributed by atoms with Crippen molar-refractivity contribution in [3.63, 3.8) is 0 Å². The first kappa shape index (κ1) is 22.9. The molecular formula is C27H27ClN6O2. The molecule has 2 saturated carbocycles. The van der Waals surface area contributed by atoms with Gasteiger partial charge in [0.15, 0.2) is 0 Å². The average Bonchev–Trinajstić information content (AvgIpc) is 3.80. The summed E-state index contributed by atoms with van der Waals surface area (Å²) in [7, 11) is 0. The van der Waals surface area contributed by atoms with Gasteiger partial charge in [0.2, 0.25) is 5.91 Å². The van der Waals surface area contributed by atoms with Crippen molar-refractivity contribution in [2.45, 2.75) is 37.6 Å². The quantitative estimate of drug-likeness (QED) is 0.352. The minimum Gasteiger partial charge on any atom is -0.395 e. The fourth-order valence-electron chi connectivity index (χ4n) is 4.75. The summed E-state index contributed by atoms with van der Waals surface area (Å²) in [6.07, 6.45) is 10.8. The number of carbonyl (C=O) groups is 1. The van der Waals surface area contributed by atoms with Crippen molar-refractivity contribution < 1.29 is 9.90 Å². The van der Waals surface area contributed by atoms with Crippen LogP contribution in [0.3, 0.4) is 0 Å². The van der Waals surface area contributed by atoms with Gasteiger partial charge in [-0.15, -0.1) is 0 Å². The Morgan fingerprint density at radius 3 is 2.81 bits per heavy atom. The molecule has 6 rings (SSSR count). The fourth-order valence-corrected chi connectivity index (χ4v) is 4.92. The van der Waals surface area contributed by atoms with Crippen LogP contribution >= 0.6 is 11.6 Å². The molecule has 0 spiro atoms. The van der Waals surface area contributed by atoms with Gasteiger partial charge >= 0.3 is 0 Å². The third-order valence-electron chi connectivity index (χ3n) is 6.91. The summed E-state index contributed by atoms with van der Waals surface area (Å²) in [6.45, 7) is 0.965. The van der Waals surface area contributed by atoms with Crippen LogP contribution in [0.1, 0.15) is 48.0 Å². The average molecular weight is 503 g/mol. The molecule has 4 heterocycles. The summed E-state index contributed by atoms with van der Waals surface area (Å²) in [5.41, 5.74) is 4.88. The van der Waals surface area contributed by atoms with Gasteiger partial charge in [0, 0.05) is 65.6 Å². The lowest BCUT2D eigenvalue weighted by atomic mass is 10.2. The summed E-state index contributed by atoms with van der Waals surface area (Å²) in [4.78, 5) is 28.3. The first-order valence-corrected chi connectivity index (χ1v) is 12.7. The van der Waals surface area contributed by atoms with Crippen LogP contribution in [0.2, 0.25) is 5.02 Å². The molecule has 1 amide bonds. The number of fused-ring (bicyclic) bond motifs is 1. The van der Waals surface area contributed by atoms with Crippen LogP contribution < -0.4 is 10.2 Å². The number of nitrogens with zero attached hydrogens (tertiary/aromatic N) is 5. The van der Waals surface area contributed by atoms with Gasteiger partial charge in [-0.05, 0) is 55.0 Å². The van der Waals surface area contributed by atoms with E-state index in [1.807, 2.05) is 29.3 Å². The highest BCUT2D eigenvalue weighted by atomic mass is 35.5. The molecule has 2 atom stereocenters. The zero-order chi connectivity index (χ0) is 24.6. The predicted octanol–water partition coefficient (Wildman–Crippen LogP) is 4.40. The number of aliphatic hydroxyl groups is 1. The summed E-state index contributed by atoms with van der Waals surface area (Å²) in [5, 5.41) is 13.3. The minimum atomic E-state index is -0.145. The Bertz CT molecular complexity index is 1420. The highest BCUT2D eigenvalue weighted by Crippen LogP contribution is 2.47. The summed E-state index contributed by atoms with van der Waals surface area (Å²) in [6, 6.07) is 11.5. The molecule has 0 saturated heterocycles. The van der Waals surface area contributed by atoms with Crippen LogP contribution in [-0.2, 0) is 11.3 Å². The predicted molar refractivity (Wildman–Crippen MR) is 138 cm³/mol. The van der Waals surface area contributed by atoms with Crippen LogP contribution in [0.25, 0.3) is 5.65 Å². The van der Waals surface area contributed by atoms with Gasteiger partial charge in [-0.25, -0.2) is 9.97 Å². The van der Waals surface area contributed by atoms with Crippen LogP contribution in [-0.4, -0.2) is 43.5 Å². The lowest BCUT2D eigenvalue weighted by molar-refractivity contribution is -0.117. The molecular weight excluding hydrogens is 476 g/mol. The van der Waals surface area contributed by atoms with E-state index in [0.29, 0.717) is 29.8 Å². The summed E-state index contributed by atoms with van der Waals surface area (Å²) < 4.78 is 2.08. The van der Waals surface area contributed by atoms with Crippen molar-refractivity contribution in [3.05, 3.63) is 83.2 Å². The van der Waals surface area contributed by atoms with Crippen LogP contribution in [0.4, 0.5) is 11.5 Å². The van der Waals surface area contributed by atoms with Crippen molar-refractivity contribution in [1.29, 1.82) is 0 Å². The van der Waals surface area contributed by atoms with E-state index in [4.69, 9.17) is 16.6 Å². The largest absolute Gasteiger partial charge is 0.395 e. The van der Waals surface area contributed by atoms with E-state index in [2.05, 4.69) is 38.0 Å². The first-order valence-electron chi connectivity index (χ1n) is 12.3. The zero-order valence-corrected chi connectivity index (χ0v) is 20.5. The van der Waals surface area contributed by atoms with E-state index < -0.39 is 0 Å². The van der Waals surface area contributed by atoms with Crippen molar-refractivity contribution >= 4 is 34.7 Å². The fraction of sp³-hybridized carbons (Fsp3) is 0.333. The van der Waals surface area contributed by atoms with E-state index in [1.54, 1.807) is 18.5 Å². The van der Waals surface area contributed by atoms with Crippen molar-refractivity contribution in [2.24, 2.45) is 5.92 Å². The zero-order valence-electron chi connectivity index (χ0n) is 19.7. The third kappa shape index (κ3) is 4.92. The van der Waals surface area contributed by atoms with Crippen LogP contribution in [0.5, 0.6) is 0 Å². The second-order valence-corrected chi connectivity index (χ2v) is 10.1. The number of hydrogen-bond acceptors (Lipinski definition) is 6. The van der Waals surface area contributed by atoms with Crippen LogP contribution in [0.15, 0.2) is 61.2 Å². The number of pyridine rings is 3. The maximum absolute atomic E-state index is 12.8. The lowest BCUT2D eigenvalue weighted by Gasteiger charge is -2.23. The molecule has 2 aliphatic carbocycles. The lowest BCUT2D eigenvalue weighted by Crippen LogP contribution is -2.26. The molecule has 36 heavy (non-hydrogen) atoms. The molecule has 4 aromatic heterocycles. The third-order valence-corrected chi connectivity index (χ3v) is 7.14. The smallest absolute Gasteiger partial charge is 0.229 e. The number of imidazole rings is 1. The van der Waals surface area contributed by atoms with Crippen molar-refractivity contribution in [2.75, 3.05) is 23.4 Å². The SMILES string of the molecule is O=C(Nc1cc(N(CCO)Cc2cn3cc(C4CC4)ccc3n2)ccn1)[C@H]1C[C@@H]1c1cc(Cl)ccn1. The summed E-state index contributed by atoms with van der Waals surface area (Å²) >= 11 is 6.07. The van der Waals surface area contributed by atoms with Gasteiger partial charge in [-0.3, -0.25) is 9.78 Å². The van der Waals surface area contributed by atoms with E-state index in [0.717, 1.165) is 29.1 Å². The molecule has 4 aromatic rings. The number of halogens is 1. The molecule has 0 unspecified atom stereocenters. The first-order chi connectivity index (χ1) is 17.6. The molecule has 0 aliphatic heterocycles. The van der Waals surface area contributed by atoms with Gasteiger partial charge in [0.05, 0.1) is 18.8 Å². The number of aliphatic hydroxyl groups excluding tert-OH is 1. The molecule has 184 valence electrons. The second kappa shape index (κ2) is 9.52. The number of aromatic nitrogens is 4. The standard InChI is InChI=1S/C27H27ClN6O2/c28-19-5-7-29-24(11-19)22-13-23(22)27(36)32-25-12-21(6-8-30-25)33(9-10-35)15-20-16-34-14-18(17-1-2-17)3-4-26(34)31-20/h3-8,11-12,14,16-17,22-23,35H,1-2,9-10,13,15H2,(H,30,32,36)/t22-,23-/m0/s1. The molecule has 8 nitrogen and oxygen atoms in total. The number of amides is 1. The van der Waals surface area contributed by atoms with E-state index >= 15 is 0 Å². The monoisotopic (exact) mass is 502 g/mol. The number of hydrogen-bond donors (Lipinski definition) is 2. The Hall–Kier alpha value is -3.49. The molecule has 0 bridgehead atoms. The van der Waals surface area contributed by atoms with E-state index in [9.17, 15) is 9.90 Å². The Kier molecular flexibility index (Phi) is 6.07. The van der Waals surface area contributed by atoms with E-state index in [1.165, 1.54) is 18.4 Å². The Morgan fingerprint density at radius 1 is 1.14 bits per heavy atom. The number of rotatable bonds is 9. The van der Waals surface area contributed by atoms with Gasteiger partial charge in [0.1, 0.15) is 11.5 Å². The normalized spacial score (nSPS) is 18.8. The van der Waals surface area contributed by atoms with Gasteiger partial charge in [-0.2, -0.15) is 0 Å².